The number of nitriles is 1. The SMILES string of the molecule is CCOc1ccc([C@H]2C(C#N)=C(N)Oc3n[nH]c(-c4ccccc4)c32)c(OCC)c1. The summed E-state index contributed by atoms with van der Waals surface area (Å²) in [6.45, 7) is 4.85. The first-order valence-electron chi connectivity index (χ1n) is 9.78. The van der Waals surface area contributed by atoms with E-state index in [1.54, 1.807) is 0 Å². The minimum Gasteiger partial charge on any atom is -0.494 e. The molecule has 0 saturated heterocycles. The van der Waals surface area contributed by atoms with Crippen molar-refractivity contribution in [2.45, 2.75) is 19.8 Å². The van der Waals surface area contributed by atoms with Gasteiger partial charge in [-0.1, -0.05) is 36.4 Å². The van der Waals surface area contributed by atoms with Crippen molar-refractivity contribution in [3.8, 4) is 34.7 Å². The lowest BCUT2D eigenvalue weighted by molar-refractivity contribution is 0.319. The molecule has 7 nitrogen and oxygen atoms in total. The van der Waals surface area contributed by atoms with Gasteiger partial charge in [-0.05, 0) is 25.5 Å². The van der Waals surface area contributed by atoms with Gasteiger partial charge in [0.25, 0.3) is 0 Å². The van der Waals surface area contributed by atoms with Crippen LogP contribution in [-0.4, -0.2) is 23.4 Å². The zero-order chi connectivity index (χ0) is 21.1. The summed E-state index contributed by atoms with van der Waals surface area (Å²) >= 11 is 0. The van der Waals surface area contributed by atoms with Gasteiger partial charge in [-0.25, -0.2) is 0 Å². The monoisotopic (exact) mass is 402 g/mol. The van der Waals surface area contributed by atoms with Gasteiger partial charge < -0.3 is 19.9 Å². The maximum Gasteiger partial charge on any atom is 0.244 e. The normalized spacial score (nSPS) is 15.2. The Balaban J connectivity index is 1.94. The van der Waals surface area contributed by atoms with Crippen LogP contribution in [0.25, 0.3) is 11.3 Å². The van der Waals surface area contributed by atoms with Crippen molar-refractivity contribution >= 4 is 0 Å². The van der Waals surface area contributed by atoms with E-state index in [0.717, 1.165) is 22.4 Å². The molecule has 0 fully saturated rings. The first kappa shape index (κ1) is 19.4. The number of aromatic nitrogens is 2. The minimum atomic E-state index is -0.495. The molecule has 0 bridgehead atoms. The quantitative estimate of drug-likeness (QED) is 0.643. The molecule has 0 radical (unpaired) electrons. The van der Waals surface area contributed by atoms with Crippen LogP contribution < -0.4 is 19.9 Å². The minimum absolute atomic E-state index is 0.0393. The lowest BCUT2D eigenvalue weighted by atomic mass is 9.82. The zero-order valence-electron chi connectivity index (χ0n) is 16.8. The van der Waals surface area contributed by atoms with Crippen molar-refractivity contribution in [1.29, 1.82) is 5.26 Å². The average molecular weight is 402 g/mol. The molecule has 1 aliphatic rings. The first-order valence-corrected chi connectivity index (χ1v) is 9.78. The zero-order valence-corrected chi connectivity index (χ0v) is 16.8. The molecule has 0 saturated carbocycles. The molecule has 0 aliphatic carbocycles. The average Bonchev–Trinajstić information content (AvgIpc) is 3.18. The highest BCUT2D eigenvalue weighted by atomic mass is 16.5. The van der Waals surface area contributed by atoms with Crippen LogP contribution in [0.1, 0.15) is 30.9 Å². The molecule has 152 valence electrons. The second-order valence-electron chi connectivity index (χ2n) is 6.67. The molecule has 1 aromatic heterocycles. The Morgan fingerprint density at radius 2 is 1.90 bits per heavy atom. The number of hydrogen-bond acceptors (Lipinski definition) is 6. The molecule has 0 unspecified atom stereocenters. The van der Waals surface area contributed by atoms with Gasteiger partial charge in [-0.2, -0.15) is 5.26 Å². The van der Waals surface area contributed by atoms with Crippen LogP contribution in [0.5, 0.6) is 17.4 Å². The molecule has 1 aliphatic heterocycles. The Morgan fingerprint density at radius 1 is 1.13 bits per heavy atom. The molecule has 3 N–H and O–H groups in total. The van der Waals surface area contributed by atoms with E-state index >= 15 is 0 Å². The number of hydrogen-bond donors (Lipinski definition) is 2. The Kier molecular flexibility index (Phi) is 5.31. The molecule has 2 heterocycles. The molecule has 0 spiro atoms. The fourth-order valence-corrected chi connectivity index (χ4v) is 3.67. The molecular weight excluding hydrogens is 380 g/mol. The van der Waals surface area contributed by atoms with Crippen LogP contribution in [0.2, 0.25) is 0 Å². The number of rotatable bonds is 6. The largest absolute Gasteiger partial charge is 0.494 e. The number of allylic oxidation sites excluding steroid dienone is 1. The van der Waals surface area contributed by atoms with Crippen LogP contribution >= 0.6 is 0 Å². The third-order valence-electron chi connectivity index (χ3n) is 4.91. The Morgan fingerprint density at radius 3 is 2.60 bits per heavy atom. The lowest BCUT2D eigenvalue weighted by Crippen LogP contribution is -2.21. The van der Waals surface area contributed by atoms with E-state index in [1.165, 1.54) is 0 Å². The summed E-state index contributed by atoms with van der Waals surface area (Å²) < 4.78 is 17.2. The summed E-state index contributed by atoms with van der Waals surface area (Å²) in [7, 11) is 0. The van der Waals surface area contributed by atoms with Gasteiger partial charge >= 0.3 is 0 Å². The maximum absolute atomic E-state index is 9.91. The summed E-state index contributed by atoms with van der Waals surface area (Å²) in [4.78, 5) is 0. The van der Waals surface area contributed by atoms with Crippen molar-refractivity contribution in [3.63, 3.8) is 0 Å². The van der Waals surface area contributed by atoms with E-state index in [2.05, 4.69) is 16.3 Å². The fourth-order valence-electron chi connectivity index (χ4n) is 3.67. The summed E-state index contributed by atoms with van der Waals surface area (Å²) in [5.41, 5.74) is 9.65. The summed E-state index contributed by atoms with van der Waals surface area (Å²) in [5, 5.41) is 17.3. The van der Waals surface area contributed by atoms with E-state index in [0.29, 0.717) is 36.2 Å². The van der Waals surface area contributed by atoms with Gasteiger partial charge in [0.2, 0.25) is 11.8 Å². The Hall–Kier alpha value is -3.92. The number of nitrogens with one attached hydrogen (secondary N) is 1. The van der Waals surface area contributed by atoms with Gasteiger partial charge in [-0.3, -0.25) is 5.10 Å². The Bertz CT molecular complexity index is 1130. The molecule has 1 atom stereocenters. The number of fused-ring (bicyclic) bond motifs is 1. The van der Waals surface area contributed by atoms with Crippen molar-refractivity contribution in [1.82, 2.24) is 10.2 Å². The maximum atomic E-state index is 9.91. The number of H-pyrrole nitrogens is 1. The molecule has 4 rings (SSSR count). The third-order valence-corrected chi connectivity index (χ3v) is 4.91. The molecular formula is C23H22N4O3. The van der Waals surface area contributed by atoms with Crippen LogP contribution in [0.3, 0.4) is 0 Å². The van der Waals surface area contributed by atoms with E-state index < -0.39 is 5.92 Å². The van der Waals surface area contributed by atoms with Crippen molar-refractivity contribution in [3.05, 3.63) is 71.1 Å². The highest BCUT2D eigenvalue weighted by Crippen LogP contribution is 2.48. The topological polar surface area (TPSA) is 106 Å². The first-order chi connectivity index (χ1) is 14.7. The Labute approximate surface area is 174 Å². The standard InChI is InChI=1S/C23H22N4O3/c1-3-28-15-10-11-16(18(12-15)29-4-2)19-17(13-24)22(25)30-23-20(19)21(26-27-23)14-8-6-5-7-9-14/h5-12,19H,3-4,25H2,1-2H3,(H,26,27)/t19-/m0/s1. The van der Waals surface area contributed by atoms with Crippen LogP contribution in [0.4, 0.5) is 0 Å². The van der Waals surface area contributed by atoms with Crippen molar-refractivity contribution in [2.24, 2.45) is 5.73 Å². The molecule has 0 amide bonds. The molecule has 3 aromatic rings. The van der Waals surface area contributed by atoms with Crippen molar-refractivity contribution < 1.29 is 14.2 Å². The summed E-state index contributed by atoms with van der Waals surface area (Å²) in [5.74, 6) is 1.22. The van der Waals surface area contributed by atoms with Gasteiger partial charge in [0.05, 0.1) is 30.4 Å². The lowest BCUT2D eigenvalue weighted by Gasteiger charge is -2.26. The highest BCUT2D eigenvalue weighted by Gasteiger charge is 2.37. The van der Waals surface area contributed by atoms with Crippen molar-refractivity contribution in [2.75, 3.05) is 13.2 Å². The van der Waals surface area contributed by atoms with Gasteiger partial charge in [0, 0.05) is 11.6 Å². The van der Waals surface area contributed by atoms with Gasteiger partial charge in [0.15, 0.2) is 0 Å². The number of nitrogens with two attached hydrogens (primary N) is 1. The predicted molar refractivity (Wildman–Crippen MR) is 112 cm³/mol. The van der Waals surface area contributed by atoms with E-state index in [1.807, 2.05) is 62.4 Å². The second-order valence-corrected chi connectivity index (χ2v) is 6.67. The summed E-state index contributed by atoms with van der Waals surface area (Å²) in [6, 6.07) is 17.6. The van der Waals surface area contributed by atoms with E-state index in [4.69, 9.17) is 19.9 Å². The van der Waals surface area contributed by atoms with Gasteiger partial charge in [-0.15, -0.1) is 5.10 Å². The van der Waals surface area contributed by atoms with Crippen LogP contribution in [-0.2, 0) is 0 Å². The van der Waals surface area contributed by atoms with Gasteiger partial charge in [0.1, 0.15) is 23.1 Å². The molecule has 2 aromatic carbocycles. The molecule has 30 heavy (non-hydrogen) atoms. The molecule has 7 heteroatoms. The highest BCUT2D eigenvalue weighted by molar-refractivity contribution is 5.71. The van der Waals surface area contributed by atoms with Crippen LogP contribution in [0.15, 0.2) is 60.0 Å². The smallest absolute Gasteiger partial charge is 0.244 e. The van der Waals surface area contributed by atoms with E-state index in [9.17, 15) is 5.26 Å². The summed E-state index contributed by atoms with van der Waals surface area (Å²) in [6.07, 6.45) is 0. The fraction of sp³-hybridized carbons (Fsp3) is 0.217. The number of nitrogens with zero attached hydrogens (tertiary/aromatic N) is 2. The predicted octanol–water partition coefficient (Wildman–Crippen LogP) is 4.09. The van der Waals surface area contributed by atoms with E-state index in [-0.39, 0.29) is 5.88 Å². The second kappa shape index (κ2) is 8.21. The number of aromatic amines is 1. The number of ether oxygens (including phenoxy) is 3. The van der Waals surface area contributed by atoms with Crippen LogP contribution in [0, 0.1) is 11.3 Å². The number of benzene rings is 2. The third kappa shape index (κ3) is 3.33.